The molecule has 19 heavy (non-hydrogen) atoms. The first-order chi connectivity index (χ1) is 8.95. The summed E-state index contributed by atoms with van der Waals surface area (Å²) in [6, 6.07) is 4.42. The fourth-order valence-electron chi connectivity index (χ4n) is 2.90. The Kier molecular flexibility index (Phi) is 3.98. The van der Waals surface area contributed by atoms with Crippen molar-refractivity contribution in [3.05, 3.63) is 23.8 Å². The summed E-state index contributed by atoms with van der Waals surface area (Å²) in [6.07, 6.45) is 2.89. The number of nitrogen functional groups attached to an aromatic ring is 1. The van der Waals surface area contributed by atoms with Gasteiger partial charge in [-0.3, -0.25) is 0 Å². The first-order valence-corrected chi connectivity index (χ1v) is 6.75. The SMILES string of the molecule is CC1CC(C)CC(OC(=O)c2cc(N)ccc2O)C1. The van der Waals surface area contributed by atoms with Crippen LogP contribution in [0.1, 0.15) is 43.5 Å². The zero-order valence-electron chi connectivity index (χ0n) is 11.4. The number of nitrogens with two attached hydrogens (primary N) is 1. The van der Waals surface area contributed by atoms with Crippen LogP contribution < -0.4 is 5.73 Å². The van der Waals surface area contributed by atoms with Gasteiger partial charge in [-0.25, -0.2) is 4.79 Å². The molecule has 2 rings (SSSR count). The number of carbonyl (C=O) groups is 1. The van der Waals surface area contributed by atoms with Crippen LogP contribution in [-0.2, 0) is 4.74 Å². The van der Waals surface area contributed by atoms with Gasteiger partial charge in [0.05, 0.1) is 0 Å². The van der Waals surface area contributed by atoms with Gasteiger partial charge in [0, 0.05) is 5.69 Å². The van der Waals surface area contributed by atoms with E-state index in [0.29, 0.717) is 17.5 Å². The summed E-state index contributed by atoms with van der Waals surface area (Å²) in [7, 11) is 0. The first-order valence-electron chi connectivity index (χ1n) is 6.75. The predicted molar refractivity (Wildman–Crippen MR) is 73.9 cm³/mol. The number of hydrogen-bond donors (Lipinski definition) is 2. The molecule has 4 nitrogen and oxygen atoms in total. The van der Waals surface area contributed by atoms with E-state index in [0.717, 1.165) is 12.8 Å². The smallest absolute Gasteiger partial charge is 0.342 e. The number of esters is 1. The van der Waals surface area contributed by atoms with Gasteiger partial charge >= 0.3 is 5.97 Å². The molecule has 0 radical (unpaired) electrons. The van der Waals surface area contributed by atoms with Crippen molar-refractivity contribution in [3.63, 3.8) is 0 Å². The molecule has 1 aliphatic carbocycles. The molecule has 1 saturated carbocycles. The van der Waals surface area contributed by atoms with Crippen molar-refractivity contribution >= 4 is 11.7 Å². The molecule has 1 aromatic carbocycles. The Morgan fingerprint density at radius 1 is 1.26 bits per heavy atom. The number of ether oxygens (including phenoxy) is 1. The third-order valence-corrected chi connectivity index (χ3v) is 3.65. The molecule has 2 atom stereocenters. The standard InChI is InChI=1S/C15H21NO3/c1-9-5-10(2)7-12(6-9)19-15(18)13-8-11(16)3-4-14(13)17/h3-4,8-10,12,17H,5-7,16H2,1-2H3. The van der Waals surface area contributed by atoms with Crippen molar-refractivity contribution in [3.8, 4) is 5.75 Å². The average Bonchev–Trinajstić information content (AvgIpc) is 2.30. The Bertz CT molecular complexity index is 462. The van der Waals surface area contributed by atoms with Gasteiger partial charge in [-0.1, -0.05) is 13.8 Å². The zero-order chi connectivity index (χ0) is 14.0. The molecular formula is C15H21NO3. The van der Waals surface area contributed by atoms with Gasteiger partial charge < -0.3 is 15.6 Å². The van der Waals surface area contributed by atoms with E-state index in [2.05, 4.69) is 13.8 Å². The van der Waals surface area contributed by atoms with Crippen molar-refractivity contribution < 1.29 is 14.6 Å². The minimum absolute atomic E-state index is 0.0629. The fourth-order valence-corrected chi connectivity index (χ4v) is 2.90. The minimum Gasteiger partial charge on any atom is -0.507 e. The molecule has 3 N–H and O–H groups in total. The van der Waals surface area contributed by atoms with Crippen LogP contribution in [0.25, 0.3) is 0 Å². The largest absolute Gasteiger partial charge is 0.507 e. The van der Waals surface area contributed by atoms with Crippen LogP contribution in [0.4, 0.5) is 5.69 Å². The van der Waals surface area contributed by atoms with E-state index in [9.17, 15) is 9.90 Å². The lowest BCUT2D eigenvalue weighted by Crippen LogP contribution is -2.28. The van der Waals surface area contributed by atoms with Crippen LogP contribution in [0.15, 0.2) is 18.2 Å². The number of rotatable bonds is 2. The summed E-state index contributed by atoms with van der Waals surface area (Å²) < 4.78 is 5.50. The van der Waals surface area contributed by atoms with E-state index in [4.69, 9.17) is 10.5 Å². The highest BCUT2D eigenvalue weighted by atomic mass is 16.5. The molecule has 0 aliphatic heterocycles. The topological polar surface area (TPSA) is 72.5 Å². The highest BCUT2D eigenvalue weighted by molar-refractivity contribution is 5.93. The molecule has 1 fully saturated rings. The Morgan fingerprint density at radius 2 is 1.89 bits per heavy atom. The van der Waals surface area contributed by atoms with Gasteiger partial charge in [0.2, 0.25) is 0 Å². The maximum absolute atomic E-state index is 12.1. The van der Waals surface area contributed by atoms with Gasteiger partial charge in [0.1, 0.15) is 17.4 Å². The van der Waals surface area contributed by atoms with E-state index >= 15 is 0 Å². The molecule has 1 aliphatic rings. The molecular weight excluding hydrogens is 242 g/mol. The van der Waals surface area contributed by atoms with Crippen LogP contribution >= 0.6 is 0 Å². The van der Waals surface area contributed by atoms with E-state index in [1.165, 1.54) is 18.6 Å². The van der Waals surface area contributed by atoms with E-state index < -0.39 is 5.97 Å². The number of phenolic OH excluding ortho intramolecular Hbond substituents is 1. The van der Waals surface area contributed by atoms with Crippen molar-refractivity contribution in [1.29, 1.82) is 0 Å². The van der Waals surface area contributed by atoms with Gasteiger partial charge in [-0.15, -0.1) is 0 Å². The Hall–Kier alpha value is -1.71. The van der Waals surface area contributed by atoms with Crippen molar-refractivity contribution in [2.75, 3.05) is 5.73 Å². The molecule has 2 unspecified atom stereocenters. The maximum Gasteiger partial charge on any atom is 0.342 e. The van der Waals surface area contributed by atoms with Gasteiger partial charge in [0.25, 0.3) is 0 Å². The first kappa shape index (κ1) is 13.7. The van der Waals surface area contributed by atoms with E-state index in [1.807, 2.05) is 0 Å². The molecule has 0 amide bonds. The van der Waals surface area contributed by atoms with Gasteiger partial charge in [-0.05, 0) is 49.3 Å². The Balaban J connectivity index is 2.06. The van der Waals surface area contributed by atoms with Crippen LogP contribution in [0, 0.1) is 11.8 Å². The number of aromatic hydroxyl groups is 1. The van der Waals surface area contributed by atoms with E-state index in [-0.39, 0.29) is 17.4 Å². The Morgan fingerprint density at radius 3 is 2.53 bits per heavy atom. The zero-order valence-corrected chi connectivity index (χ0v) is 11.4. The highest BCUT2D eigenvalue weighted by Gasteiger charge is 2.27. The normalized spacial score (nSPS) is 26.9. The van der Waals surface area contributed by atoms with Crippen LogP contribution in [-0.4, -0.2) is 17.2 Å². The monoisotopic (exact) mass is 263 g/mol. The van der Waals surface area contributed by atoms with Gasteiger partial charge in [-0.2, -0.15) is 0 Å². The average molecular weight is 263 g/mol. The number of anilines is 1. The van der Waals surface area contributed by atoms with Crippen molar-refractivity contribution in [2.24, 2.45) is 11.8 Å². The molecule has 0 aromatic heterocycles. The quantitative estimate of drug-likeness (QED) is 0.489. The molecule has 0 heterocycles. The Labute approximate surface area is 113 Å². The second-order valence-corrected chi connectivity index (χ2v) is 5.72. The van der Waals surface area contributed by atoms with Crippen LogP contribution in [0.3, 0.4) is 0 Å². The lowest BCUT2D eigenvalue weighted by Gasteiger charge is -2.31. The predicted octanol–water partition coefficient (Wildman–Crippen LogP) is 2.96. The fraction of sp³-hybridized carbons (Fsp3) is 0.533. The van der Waals surface area contributed by atoms with Crippen molar-refractivity contribution in [2.45, 2.75) is 39.2 Å². The molecule has 0 saturated heterocycles. The second kappa shape index (κ2) is 5.51. The summed E-state index contributed by atoms with van der Waals surface area (Å²) >= 11 is 0. The highest BCUT2D eigenvalue weighted by Crippen LogP contribution is 2.31. The molecule has 0 bridgehead atoms. The lowest BCUT2D eigenvalue weighted by atomic mass is 9.82. The molecule has 4 heteroatoms. The van der Waals surface area contributed by atoms with Crippen molar-refractivity contribution in [1.82, 2.24) is 0 Å². The lowest BCUT2D eigenvalue weighted by molar-refractivity contribution is 0.00781. The molecule has 1 aromatic rings. The summed E-state index contributed by atoms with van der Waals surface area (Å²) in [5.74, 6) is 0.555. The number of hydrogen-bond acceptors (Lipinski definition) is 4. The third kappa shape index (κ3) is 3.40. The summed E-state index contributed by atoms with van der Waals surface area (Å²) in [5, 5.41) is 9.68. The summed E-state index contributed by atoms with van der Waals surface area (Å²) in [6.45, 7) is 4.35. The van der Waals surface area contributed by atoms with Crippen LogP contribution in [0.5, 0.6) is 5.75 Å². The van der Waals surface area contributed by atoms with Crippen LogP contribution in [0.2, 0.25) is 0 Å². The number of carbonyl (C=O) groups excluding carboxylic acids is 1. The number of phenols is 1. The van der Waals surface area contributed by atoms with E-state index in [1.54, 1.807) is 6.07 Å². The van der Waals surface area contributed by atoms with Gasteiger partial charge in [0.15, 0.2) is 0 Å². The summed E-state index contributed by atoms with van der Waals surface area (Å²) in [4.78, 5) is 12.1. The summed E-state index contributed by atoms with van der Waals surface area (Å²) in [5.41, 5.74) is 6.21. The molecule has 0 spiro atoms. The minimum atomic E-state index is -0.490. The second-order valence-electron chi connectivity index (χ2n) is 5.72. The maximum atomic E-state index is 12.1. The molecule has 104 valence electrons. The number of benzene rings is 1. The third-order valence-electron chi connectivity index (χ3n) is 3.65.